The minimum atomic E-state index is 0.279. The zero-order valence-electron chi connectivity index (χ0n) is 12.5. The zero-order valence-corrected chi connectivity index (χ0v) is 14.1. The van der Waals surface area contributed by atoms with Crippen LogP contribution in [0.3, 0.4) is 0 Å². The van der Waals surface area contributed by atoms with E-state index in [-0.39, 0.29) is 6.10 Å². The summed E-state index contributed by atoms with van der Waals surface area (Å²) in [5.74, 6) is 1.86. The number of hydrogen-bond donors (Lipinski definition) is 0. The van der Waals surface area contributed by atoms with Crippen molar-refractivity contribution in [3.8, 4) is 11.4 Å². The third kappa shape index (κ3) is 3.19. The molecule has 1 aromatic heterocycles. The number of rotatable bonds is 3. The number of hydrogen-bond acceptors (Lipinski definition) is 3. The summed E-state index contributed by atoms with van der Waals surface area (Å²) >= 11 is 3.59. The fourth-order valence-corrected chi connectivity index (χ4v) is 3.08. The highest BCUT2D eigenvalue weighted by molar-refractivity contribution is 9.10. The van der Waals surface area contributed by atoms with E-state index in [2.05, 4.69) is 55.8 Å². The van der Waals surface area contributed by atoms with E-state index in [1.807, 2.05) is 6.92 Å². The molecule has 112 valence electrons. The van der Waals surface area contributed by atoms with Crippen molar-refractivity contribution < 1.29 is 4.74 Å². The van der Waals surface area contributed by atoms with Crippen LogP contribution in [0, 0.1) is 13.8 Å². The summed E-state index contributed by atoms with van der Waals surface area (Å²) in [6, 6.07) is 6.31. The Morgan fingerprint density at radius 2 is 2.14 bits per heavy atom. The molecule has 2 heterocycles. The number of aryl methyl sites for hydroxylation is 2. The smallest absolute Gasteiger partial charge is 0.164 e. The fourth-order valence-electron chi connectivity index (χ4n) is 2.70. The van der Waals surface area contributed by atoms with Gasteiger partial charge in [0.2, 0.25) is 0 Å². The van der Waals surface area contributed by atoms with Crippen molar-refractivity contribution in [2.45, 2.75) is 45.8 Å². The third-order valence-corrected chi connectivity index (χ3v) is 4.88. The molecular formula is C16H20BrN3O. The molecule has 0 bridgehead atoms. The molecule has 1 saturated heterocycles. The number of ether oxygens (including phenoxy) is 1. The molecule has 21 heavy (non-hydrogen) atoms. The van der Waals surface area contributed by atoms with Crippen LogP contribution < -0.4 is 0 Å². The Balaban J connectivity index is 1.90. The lowest BCUT2D eigenvalue weighted by Crippen LogP contribution is -2.25. The molecule has 3 rings (SSSR count). The molecule has 1 unspecified atom stereocenters. The van der Waals surface area contributed by atoms with Gasteiger partial charge >= 0.3 is 0 Å². The Kier molecular flexibility index (Phi) is 4.40. The van der Waals surface area contributed by atoms with Gasteiger partial charge in [-0.1, -0.05) is 28.1 Å². The van der Waals surface area contributed by atoms with E-state index in [0.29, 0.717) is 0 Å². The number of nitrogens with zero attached hydrogens (tertiary/aromatic N) is 3. The molecule has 2 aromatic rings. The third-order valence-electron chi connectivity index (χ3n) is 4.03. The van der Waals surface area contributed by atoms with E-state index in [4.69, 9.17) is 4.74 Å². The Hall–Kier alpha value is -1.20. The van der Waals surface area contributed by atoms with Crippen LogP contribution in [0.4, 0.5) is 0 Å². The maximum absolute atomic E-state index is 5.85. The maximum Gasteiger partial charge on any atom is 0.164 e. The number of halogens is 1. The Morgan fingerprint density at radius 1 is 1.29 bits per heavy atom. The van der Waals surface area contributed by atoms with Crippen molar-refractivity contribution in [3.63, 3.8) is 0 Å². The summed E-state index contributed by atoms with van der Waals surface area (Å²) in [6.07, 6.45) is 3.82. The summed E-state index contributed by atoms with van der Waals surface area (Å²) < 4.78 is 9.13. The monoisotopic (exact) mass is 349 g/mol. The first-order chi connectivity index (χ1) is 10.1. The highest BCUT2D eigenvalue weighted by Gasteiger charge is 2.19. The van der Waals surface area contributed by atoms with Crippen LogP contribution in [0.15, 0.2) is 22.7 Å². The van der Waals surface area contributed by atoms with Crippen molar-refractivity contribution in [3.05, 3.63) is 34.1 Å². The van der Waals surface area contributed by atoms with Gasteiger partial charge in [-0.25, -0.2) is 0 Å². The number of aromatic nitrogens is 3. The average molecular weight is 350 g/mol. The lowest BCUT2D eigenvalue weighted by atomic mass is 10.1. The minimum Gasteiger partial charge on any atom is -0.376 e. The van der Waals surface area contributed by atoms with Gasteiger partial charge in [0.1, 0.15) is 5.82 Å². The van der Waals surface area contributed by atoms with Crippen molar-refractivity contribution >= 4 is 15.9 Å². The van der Waals surface area contributed by atoms with Crippen molar-refractivity contribution in [2.75, 3.05) is 6.61 Å². The molecule has 1 aromatic carbocycles. The van der Waals surface area contributed by atoms with Gasteiger partial charge in [0.05, 0.1) is 12.6 Å². The molecule has 0 saturated carbocycles. The van der Waals surface area contributed by atoms with Gasteiger partial charge in [-0.05, 0) is 44.7 Å². The molecule has 1 aliphatic rings. The van der Waals surface area contributed by atoms with Gasteiger partial charge in [0, 0.05) is 16.6 Å². The van der Waals surface area contributed by atoms with Crippen LogP contribution in [0.1, 0.15) is 30.7 Å². The van der Waals surface area contributed by atoms with Gasteiger partial charge in [0.25, 0.3) is 0 Å². The molecule has 0 N–H and O–H groups in total. The SMILES string of the molecule is Cc1ccc(-c2nnc(C)n2CC2CCCCO2)cc1Br. The van der Waals surface area contributed by atoms with Gasteiger partial charge in [0.15, 0.2) is 5.82 Å². The Morgan fingerprint density at radius 3 is 2.86 bits per heavy atom. The standard InChI is InChI=1S/C16H20BrN3O/c1-11-6-7-13(9-15(11)17)16-19-18-12(2)20(16)10-14-5-3-4-8-21-14/h6-7,9,14H,3-5,8,10H2,1-2H3. The molecule has 0 aliphatic carbocycles. The van der Waals surface area contributed by atoms with Crippen LogP contribution in [-0.4, -0.2) is 27.5 Å². The Labute approximate surface area is 133 Å². The summed E-state index contributed by atoms with van der Waals surface area (Å²) in [4.78, 5) is 0. The van der Waals surface area contributed by atoms with Gasteiger partial charge in [-0.15, -0.1) is 10.2 Å². The lowest BCUT2D eigenvalue weighted by Gasteiger charge is -2.24. The topological polar surface area (TPSA) is 39.9 Å². The molecule has 1 fully saturated rings. The van der Waals surface area contributed by atoms with Crippen LogP contribution in [0.25, 0.3) is 11.4 Å². The van der Waals surface area contributed by atoms with Crippen molar-refractivity contribution in [1.29, 1.82) is 0 Å². The van der Waals surface area contributed by atoms with Crippen LogP contribution in [0.2, 0.25) is 0 Å². The second-order valence-electron chi connectivity index (χ2n) is 5.63. The molecule has 5 heteroatoms. The van der Waals surface area contributed by atoms with E-state index in [9.17, 15) is 0 Å². The molecule has 4 nitrogen and oxygen atoms in total. The van der Waals surface area contributed by atoms with E-state index in [1.165, 1.54) is 18.4 Å². The molecule has 1 atom stereocenters. The first-order valence-corrected chi connectivity index (χ1v) is 8.22. The highest BCUT2D eigenvalue weighted by Crippen LogP contribution is 2.26. The normalized spacial score (nSPS) is 18.9. The van der Waals surface area contributed by atoms with Crippen molar-refractivity contribution in [2.24, 2.45) is 0 Å². The molecule has 0 spiro atoms. The van der Waals surface area contributed by atoms with Crippen LogP contribution in [-0.2, 0) is 11.3 Å². The van der Waals surface area contributed by atoms with Crippen LogP contribution >= 0.6 is 15.9 Å². The number of benzene rings is 1. The van der Waals surface area contributed by atoms with E-state index in [1.54, 1.807) is 0 Å². The molecule has 0 amide bonds. The zero-order chi connectivity index (χ0) is 14.8. The van der Waals surface area contributed by atoms with E-state index in [0.717, 1.165) is 41.3 Å². The van der Waals surface area contributed by atoms with Crippen LogP contribution in [0.5, 0.6) is 0 Å². The first kappa shape index (κ1) is 14.7. The summed E-state index contributed by atoms with van der Waals surface area (Å²) in [5.41, 5.74) is 2.31. The molecule has 1 aliphatic heterocycles. The highest BCUT2D eigenvalue weighted by atomic mass is 79.9. The summed E-state index contributed by atoms with van der Waals surface area (Å²) in [6.45, 7) is 5.79. The van der Waals surface area contributed by atoms with Gasteiger partial charge in [-0.2, -0.15) is 0 Å². The predicted octanol–water partition coefficient (Wildman–Crippen LogP) is 3.89. The maximum atomic E-state index is 5.85. The van der Waals surface area contributed by atoms with E-state index >= 15 is 0 Å². The minimum absolute atomic E-state index is 0.279. The Bertz CT molecular complexity index is 632. The van der Waals surface area contributed by atoms with Gasteiger partial charge < -0.3 is 9.30 Å². The molecule has 0 radical (unpaired) electrons. The quantitative estimate of drug-likeness (QED) is 0.843. The summed E-state index contributed by atoms with van der Waals surface area (Å²) in [5, 5.41) is 8.61. The second kappa shape index (κ2) is 6.28. The fraction of sp³-hybridized carbons (Fsp3) is 0.500. The summed E-state index contributed by atoms with van der Waals surface area (Å²) in [7, 11) is 0. The van der Waals surface area contributed by atoms with E-state index < -0.39 is 0 Å². The first-order valence-electron chi connectivity index (χ1n) is 7.43. The second-order valence-corrected chi connectivity index (χ2v) is 6.49. The van der Waals surface area contributed by atoms with Crippen molar-refractivity contribution in [1.82, 2.24) is 14.8 Å². The predicted molar refractivity (Wildman–Crippen MR) is 86.2 cm³/mol. The average Bonchev–Trinajstić information content (AvgIpc) is 2.85. The molecular weight excluding hydrogens is 330 g/mol. The largest absolute Gasteiger partial charge is 0.376 e. The lowest BCUT2D eigenvalue weighted by molar-refractivity contribution is 0.00588. The van der Waals surface area contributed by atoms with Gasteiger partial charge in [-0.3, -0.25) is 0 Å².